The second-order valence-electron chi connectivity index (χ2n) is 5.49. The predicted octanol–water partition coefficient (Wildman–Crippen LogP) is 3.20. The van der Waals surface area contributed by atoms with Gasteiger partial charge in [-0.25, -0.2) is 8.42 Å². The van der Waals surface area contributed by atoms with Crippen LogP contribution in [0.4, 0.5) is 5.69 Å². The lowest BCUT2D eigenvalue weighted by atomic mass is 10.0. The molecule has 0 radical (unpaired) electrons. The number of nitrogens with zero attached hydrogens (tertiary/aromatic N) is 1. The topological polar surface area (TPSA) is 54.5 Å². The summed E-state index contributed by atoms with van der Waals surface area (Å²) in [6.07, 6.45) is 1.76. The lowest BCUT2D eigenvalue weighted by Gasteiger charge is -2.29. The molecule has 0 bridgehead atoms. The Morgan fingerprint density at radius 1 is 1.09 bits per heavy atom. The van der Waals surface area contributed by atoms with Crippen molar-refractivity contribution in [1.29, 1.82) is 0 Å². The Bertz CT molecular complexity index is 831. The molecule has 0 spiro atoms. The van der Waals surface area contributed by atoms with Crippen molar-refractivity contribution in [2.75, 3.05) is 17.2 Å². The summed E-state index contributed by atoms with van der Waals surface area (Å²) in [6, 6.07) is 14.0. The largest absolute Gasteiger partial charge is 0.311 e. The van der Waals surface area contributed by atoms with Gasteiger partial charge in [0.15, 0.2) is 9.84 Å². The predicted molar refractivity (Wildman–Crippen MR) is 93.3 cm³/mol. The van der Waals surface area contributed by atoms with Gasteiger partial charge in [0.05, 0.1) is 4.90 Å². The second kappa shape index (κ2) is 6.45. The first-order valence-corrected chi connectivity index (χ1v) is 9.78. The molecular weight excluding hydrogens is 378 g/mol. The first-order chi connectivity index (χ1) is 11.0. The molecule has 1 aliphatic rings. The molecule has 0 atom stereocenters. The summed E-state index contributed by atoms with van der Waals surface area (Å²) in [5, 5.41) is 0. The van der Waals surface area contributed by atoms with Crippen LogP contribution in [0, 0.1) is 0 Å². The number of hydrogen-bond donors (Lipinski definition) is 0. The van der Waals surface area contributed by atoms with E-state index in [1.165, 1.54) is 12.1 Å². The summed E-state index contributed by atoms with van der Waals surface area (Å²) in [6.45, 7) is 0.561. The molecule has 0 saturated heterocycles. The molecule has 0 saturated carbocycles. The molecule has 6 heteroatoms. The van der Waals surface area contributed by atoms with Crippen LogP contribution in [0.3, 0.4) is 0 Å². The number of amides is 1. The molecule has 1 amide bonds. The van der Waals surface area contributed by atoms with Gasteiger partial charge >= 0.3 is 0 Å². The average Bonchev–Trinajstić information content (AvgIpc) is 2.54. The third-order valence-corrected chi connectivity index (χ3v) is 6.04. The van der Waals surface area contributed by atoms with Crippen molar-refractivity contribution in [3.8, 4) is 0 Å². The van der Waals surface area contributed by atoms with E-state index in [1.807, 2.05) is 24.3 Å². The molecule has 1 aliphatic heterocycles. The third kappa shape index (κ3) is 3.48. The highest BCUT2D eigenvalue weighted by Crippen LogP contribution is 2.27. The first-order valence-electron chi connectivity index (χ1n) is 7.34. The molecule has 120 valence electrons. The molecule has 0 fully saturated rings. The fraction of sp³-hybridized carbons (Fsp3) is 0.235. The average molecular weight is 394 g/mol. The number of carbonyl (C=O) groups is 1. The van der Waals surface area contributed by atoms with Crippen molar-refractivity contribution >= 4 is 37.4 Å². The fourth-order valence-electron chi connectivity index (χ4n) is 2.76. The number of benzene rings is 2. The van der Waals surface area contributed by atoms with Crippen LogP contribution in [0.15, 0.2) is 57.9 Å². The van der Waals surface area contributed by atoms with Crippen molar-refractivity contribution in [2.45, 2.75) is 17.7 Å². The van der Waals surface area contributed by atoms with Gasteiger partial charge in [0.1, 0.15) is 5.75 Å². The van der Waals surface area contributed by atoms with Gasteiger partial charge in [-0.3, -0.25) is 4.79 Å². The van der Waals surface area contributed by atoms with Gasteiger partial charge in [0.2, 0.25) is 5.91 Å². The molecule has 0 N–H and O–H groups in total. The summed E-state index contributed by atoms with van der Waals surface area (Å²) >= 11 is 3.27. The van der Waals surface area contributed by atoms with Gasteiger partial charge in [0, 0.05) is 16.7 Å². The van der Waals surface area contributed by atoms with Crippen LogP contribution >= 0.6 is 15.9 Å². The lowest BCUT2D eigenvalue weighted by molar-refractivity contribution is -0.116. The fourth-order valence-corrected chi connectivity index (χ4v) is 4.22. The van der Waals surface area contributed by atoms with E-state index < -0.39 is 15.6 Å². The maximum atomic E-state index is 12.6. The number of halogens is 1. The van der Waals surface area contributed by atoms with E-state index in [9.17, 15) is 13.2 Å². The molecule has 23 heavy (non-hydrogen) atoms. The smallest absolute Gasteiger partial charge is 0.242 e. The Hall–Kier alpha value is -1.66. The highest BCUT2D eigenvalue weighted by Gasteiger charge is 2.27. The maximum absolute atomic E-state index is 12.6. The number of anilines is 1. The zero-order valence-electron chi connectivity index (χ0n) is 12.4. The van der Waals surface area contributed by atoms with Crippen LogP contribution in [-0.4, -0.2) is 26.6 Å². The van der Waals surface area contributed by atoms with Crippen molar-refractivity contribution in [3.05, 3.63) is 58.6 Å². The highest BCUT2D eigenvalue weighted by molar-refractivity contribution is 9.10. The Kier molecular flexibility index (Phi) is 4.55. The van der Waals surface area contributed by atoms with Crippen molar-refractivity contribution < 1.29 is 13.2 Å². The standard InChI is InChI=1S/C17H16BrNO3S/c18-14-7-9-15(10-8-14)23(21,22)12-17(20)19-11-3-5-13-4-1-2-6-16(13)19/h1-2,4,6-10H,3,5,11-12H2. The number of fused-ring (bicyclic) bond motifs is 1. The Morgan fingerprint density at radius 2 is 1.78 bits per heavy atom. The van der Waals surface area contributed by atoms with E-state index >= 15 is 0 Å². The van der Waals surface area contributed by atoms with Crippen molar-refractivity contribution in [3.63, 3.8) is 0 Å². The number of hydrogen-bond acceptors (Lipinski definition) is 3. The van der Waals surface area contributed by atoms with Crippen LogP contribution < -0.4 is 4.90 Å². The van der Waals surface area contributed by atoms with Crippen LogP contribution in [0.5, 0.6) is 0 Å². The maximum Gasteiger partial charge on any atom is 0.242 e. The molecular formula is C17H16BrNO3S. The zero-order valence-corrected chi connectivity index (χ0v) is 14.8. The van der Waals surface area contributed by atoms with E-state index in [0.717, 1.165) is 28.6 Å². The molecule has 4 nitrogen and oxygen atoms in total. The number of sulfone groups is 1. The first kappa shape index (κ1) is 16.2. The molecule has 2 aromatic carbocycles. The Balaban J connectivity index is 1.84. The number of rotatable bonds is 3. The highest BCUT2D eigenvalue weighted by atomic mass is 79.9. The van der Waals surface area contributed by atoms with Gasteiger partial charge in [0.25, 0.3) is 0 Å². The van der Waals surface area contributed by atoms with Gasteiger partial charge < -0.3 is 4.90 Å². The van der Waals surface area contributed by atoms with Gasteiger partial charge in [-0.05, 0) is 48.7 Å². The van der Waals surface area contributed by atoms with Gasteiger partial charge in [-0.2, -0.15) is 0 Å². The minimum absolute atomic E-state index is 0.166. The lowest BCUT2D eigenvalue weighted by Crippen LogP contribution is -2.39. The third-order valence-electron chi connectivity index (χ3n) is 3.90. The van der Waals surface area contributed by atoms with Crippen LogP contribution in [-0.2, 0) is 21.1 Å². The van der Waals surface area contributed by atoms with E-state index in [2.05, 4.69) is 15.9 Å². The van der Waals surface area contributed by atoms with Crippen LogP contribution in [0.25, 0.3) is 0 Å². The van der Waals surface area contributed by atoms with Crippen molar-refractivity contribution in [1.82, 2.24) is 0 Å². The quantitative estimate of drug-likeness (QED) is 0.804. The zero-order chi connectivity index (χ0) is 16.4. The van der Waals surface area contributed by atoms with Gasteiger partial charge in [-0.1, -0.05) is 34.1 Å². The molecule has 2 aromatic rings. The summed E-state index contributed by atoms with van der Waals surface area (Å²) in [4.78, 5) is 14.3. The molecule has 3 rings (SSSR count). The monoisotopic (exact) mass is 393 g/mol. The molecule has 1 heterocycles. The van der Waals surface area contributed by atoms with E-state index in [4.69, 9.17) is 0 Å². The SMILES string of the molecule is O=C(CS(=O)(=O)c1ccc(Br)cc1)N1CCCc2ccccc21. The van der Waals surface area contributed by atoms with Crippen LogP contribution in [0.1, 0.15) is 12.0 Å². The second-order valence-corrected chi connectivity index (χ2v) is 8.40. The number of aryl methyl sites for hydroxylation is 1. The van der Waals surface area contributed by atoms with E-state index in [1.54, 1.807) is 17.0 Å². The number of para-hydroxylation sites is 1. The molecule has 0 unspecified atom stereocenters. The van der Waals surface area contributed by atoms with E-state index in [0.29, 0.717) is 6.54 Å². The summed E-state index contributed by atoms with van der Waals surface area (Å²) in [5.74, 6) is -0.886. The van der Waals surface area contributed by atoms with E-state index in [-0.39, 0.29) is 10.8 Å². The summed E-state index contributed by atoms with van der Waals surface area (Å²) in [7, 11) is -3.64. The summed E-state index contributed by atoms with van der Waals surface area (Å²) in [5.41, 5.74) is 1.92. The molecule has 0 aromatic heterocycles. The minimum atomic E-state index is -3.64. The number of carbonyl (C=O) groups excluding carboxylic acids is 1. The Morgan fingerprint density at radius 3 is 2.52 bits per heavy atom. The molecule has 0 aliphatic carbocycles. The van der Waals surface area contributed by atoms with Gasteiger partial charge in [-0.15, -0.1) is 0 Å². The Labute approximate surface area is 144 Å². The summed E-state index contributed by atoms with van der Waals surface area (Å²) < 4.78 is 25.7. The van der Waals surface area contributed by atoms with Crippen molar-refractivity contribution in [2.24, 2.45) is 0 Å². The van der Waals surface area contributed by atoms with Crippen LogP contribution in [0.2, 0.25) is 0 Å². The normalized spacial score (nSPS) is 14.4. The minimum Gasteiger partial charge on any atom is -0.311 e.